The van der Waals surface area contributed by atoms with Gasteiger partial charge in [-0.3, -0.25) is 4.79 Å². The quantitative estimate of drug-likeness (QED) is 0.684. The van der Waals surface area contributed by atoms with Gasteiger partial charge in [-0.15, -0.1) is 0 Å². The molecule has 0 spiro atoms. The molecule has 2 heteroatoms. The van der Waals surface area contributed by atoms with Gasteiger partial charge in [-0.25, -0.2) is 0 Å². The maximum absolute atomic E-state index is 11.9. The first-order valence-electron chi connectivity index (χ1n) is 5.93. The van der Waals surface area contributed by atoms with Crippen LogP contribution in [0, 0.1) is 0 Å². The second-order valence-electron chi connectivity index (χ2n) is 3.90. The Morgan fingerprint density at radius 2 is 2.06 bits per heavy atom. The molecule has 0 saturated heterocycles. The van der Waals surface area contributed by atoms with Crippen molar-refractivity contribution < 1.29 is 9.53 Å². The summed E-state index contributed by atoms with van der Waals surface area (Å²) in [4.78, 5) is 11.9. The molecule has 88 valence electrons. The average Bonchev–Trinajstić information content (AvgIpc) is 2.34. The van der Waals surface area contributed by atoms with Crippen LogP contribution in [0.15, 0.2) is 18.2 Å². The molecule has 0 fully saturated rings. The Morgan fingerprint density at radius 3 is 2.62 bits per heavy atom. The summed E-state index contributed by atoms with van der Waals surface area (Å²) in [6.45, 7) is 4.16. The zero-order chi connectivity index (χ0) is 12.0. The standard InChI is InChI=1S/C14H20O2/c1-4-6-7-14(15)13-9-8-12(16-3)10-11(13)5-2/h8-10H,4-7H2,1-3H3. The number of aryl methyl sites for hydroxylation is 1. The SMILES string of the molecule is CCCCC(=O)c1ccc(OC)cc1CC. The van der Waals surface area contributed by atoms with Crippen molar-refractivity contribution in [2.45, 2.75) is 39.5 Å². The smallest absolute Gasteiger partial charge is 0.163 e. The minimum atomic E-state index is 0.251. The molecule has 0 aliphatic rings. The van der Waals surface area contributed by atoms with Crippen molar-refractivity contribution in [2.75, 3.05) is 7.11 Å². The second-order valence-corrected chi connectivity index (χ2v) is 3.90. The fraction of sp³-hybridized carbons (Fsp3) is 0.500. The number of benzene rings is 1. The molecule has 1 aromatic rings. The fourth-order valence-corrected chi connectivity index (χ4v) is 1.73. The van der Waals surface area contributed by atoms with E-state index < -0.39 is 0 Å². The third-order valence-electron chi connectivity index (χ3n) is 2.75. The van der Waals surface area contributed by atoms with Gasteiger partial charge >= 0.3 is 0 Å². The lowest BCUT2D eigenvalue weighted by Gasteiger charge is -2.08. The number of rotatable bonds is 6. The van der Waals surface area contributed by atoms with Crippen LogP contribution in [0.4, 0.5) is 0 Å². The Morgan fingerprint density at radius 1 is 1.31 bits per heavy atom. The van der Waals surface area contributed by atoms with Crippen molar-refractivity contribution in [3.05, 3.63) is 29.3 Å². The zero-order valence-corrected chi connectivity index (χ0v) is 10.4. The number of ketones is 1. The molecular weight excluding hydrogens is 200 g/mol. The molecule has 1 aromatic carbocycles. The number of hydrogen-bond acceptors (Lipinski definition) is 2. The van der Waals surface area contributed by atoms with Crippen LogP contribution in [0.25, 0.3) is 0 Å². The lowest BCUT2D eigenvalue weighted by atomic mass is 9.98. The van der Waals surface area contributed by atoms with Crippen molar-refractivity contribution in [3.8, 4) is 5.75 Å². The van der Waals surface area contributed by atoms with Crippen LogP contribution in [0.1, 0.15) is 49.0 Å². The lowest BCUT2D eigenvalue weighted by Crippen LogP contribution is -2.03. The van der Waals surface area contributed by atoms with Crippen LogP contribution < -0.4 is 4.74 Å². The van der Waals surface area contributed by atoms with Gasteiger partial charge in [-0.05, 0) is 36.6 Å². The first-order valence-corrected chi connectivity index (χ1v) is 5.93. The van der Waals surface area contributed by atoms with Gasteiger partial charge in [-0.2, -0.15) is 0 Å². The molecule has 0 bridgehead atoms. The molecule has 1 rings (SSSR count). The predicted molar refractivity (Wildman–Crippen MR) is 66.2 cm³/mol. The first kappa shape index (κ1) is 12.8. The summed E-state index contributed by atoms with van der Waals surface area (Å²) in [5.41, 5.74) is 1.94. The van der Waals surface area contributed by atoms with Gasteiger partial charge in [0, 0.05) is 12.0 Å². The van der Waals surface area contributed by atoms with Crippen molar-refractivity contribution in [3.63, 3.8) is 0 Å². The first-order chi connectivity index (χ1) is 7.72. The van der Waals surface area contributed by atoms with E-state index >= 15 is 0 Å². The molecule has 0 aliphatic heterocycles. The number of hydrogen-bond donors (Lipinski definition) is 0. The van der Waals surface area contributed by atoms with E-state index in [0.717, 1.165) is 36.1 Å². The fourth-order valence-electron chi connectivity index (χ4n) is 1.73. The summed E-state index contributed by atoms with van der Waals surface area (Å²) in [6, 6.07) is 5.70. The number of carbonyl (C=O) groups is 1. The highest BCUT2D eigenvalue weighted by Crippen LogP contribution is 2.20. The second kappa shape index (κ2) is 6.31. The summed E-state index contributed by atoms with van der Waals surface area (Å²) < 4.78 is 5.16. The molecule has 0 saturated carbocycles. The summed E-state index contributed by atoms with van der Waals surface area (Å²) in [6.07, 6.45) is 3.54. The van der Waals surface area contributed by atoms with Gasteiger partial charge in [0.05, 0.1) is 7.11 Å². The highest BCUT2D eigenvalue weighted by Gasteiger charge is 2.10. The molecule has 0 aromatic heterocycles. The van der Waals surface area contributed by atoms with Crippen molar-refractivity contribution >= 4 is 5.78 Å². The Balaban J connectivity index is 2.90. The topological polar surface area (TPSA) is 26.3 Å². The molecule has 0 aliphatic carbocycles. The van der Waals surface area contributed by atoms with Gasteiger partial charge < -0.3 is 4.74 Å². The molecular formula is C14H20O2. The van der Waals surface area contributed by atoms with E-state index in [1.807, 2.05) is 18.2 Å². The molecule has 0 heterocycles. The third-order valence-corrected chi connectivity index (χ3v) is 2.75. The van der Waals surface area contributed by atoms with Crippen LogP contribution in [-0.2, 0) is 6.42 Å². The minimum Gasteiger partial charge on any atom is -0.497 e. The number of ether oxygens (including phenoxy) is 1. The molecule has 0 N–H and O–H groups in total. The molecule has 0 radical (unpaired) electrons. The number of Topliss-reactive ketones (excluding diaryl/α,β-unsaturated/α-hetero) is 1. The lowest BCUT2D eigenvalue weighted by molar-refractivity contribution is 0.0979. The Kier molecular flexibility index (Phi) is 5.03. The normalized spacial score (nSPS) is 10.2. The highest BCUT2D eigenvalue weighted by atomic mass is 16.5. The zero-order valence-electron chi connectivity index (χ0n) is 10.4. The summed E-state index contributed by atoms with van der Waals surface area (Å²) in [7, 11) is 1.65. The van der Waals surface area contributed by atoms with E-state index in [1.54, 1.807) is 7.11 Å². The van der Waals surface area contributed by atoms with E-state index in [1.165, 1.54) is 0 Å². The van der Waals surface area contributed by atoms with Crippen molar-refractivity contribution in [2.24, 2.45) is 0 Å². The predicted octanol–water partition coefficient (Wildman–Crippen LogP) is 3.63. The van der Waals surface area contributed by atoms with E-state index in [4.69, 9.17) is 4.74 Å². The van der Waals surface area contributed by atoms with E-state index in [2.05, 4.69) is 13.8 Å². The minimum absolute atomic E-state index is 0.251. The van der Waals surface area contributed by atoms with E-state index in [0.29, 0.717) is 6.42 Å². The maximum Gasteiger partial charge on any atom is 0.163 e. The summed E-state index contributed by atoms with van der Waals surface area (Å²) in [5, 5.41) is 0. The molecule has 0 amide bonds. The third kappa shape index (κ3) is 3.09. The highest BCUT2D eigenvalue weighted by molar-refractivity contribution is 5.97. The van der Waals surface area contributed by atoms with Gasteiger partial charge in [-0.1, -0.05) is 20.3 Å². The number of unbranched alkanes of at least 4 members (excludes halogenated alkanes) is 1. The van der Waals surface area contributed by atoms with Crippen molar-refractivity contribution in [1.29, 1.82) is 0 Å². The molecule has 0 atom stereocenters. The largest absolute Gasteiger partial charge is 0.497 e. The molecule has 2 nitrogen and oxygen atoms in total. The summed E-state index contributed by atoms with van der Waals surface area (Å²) >= 11 is 0. The molecule has 16 heavy (non-hydrogen) atoms. The van der Waals surface area contributed by atoms with E-state index in [-0.39, 0.29) is 5.78 Å². The Hall–Kier alpha value is -1.31. The van der Waals surface area contributed by atoms with Crippen LogP contribution in [0.5, 0.6) is 5.75 Å². The van der Waals surface area contributed by atoms with Gasteiger partial charge in [0.15, 0.2) is 5.78 Å². The van der Waals surface area contributed by atoms with Gasteiger partial charge in [0.1, 0.15) is 5.75 Å². The van der Waals surface area contributed by atoms with Crippen LogP contribution >= 0.6 is 0 Å². The van der Waals surface area contributed by atoms with Crippen LogP contribution in [0.2, 0.25) is 0 Å². The Bertz CT molecular complexity index is 356. The van der Waals surface area contributed by atoms with Crippen LogP contribution in [0.3, 0.4) is 0 Å². The Labute approximate surface area is 97.6 Å². The maximum atomic E-state index is 11.9. The van der Waals surface area contributed by atoms with E-state index in [9.17, 15) is 4.79 Å². The number of methoxy groups -OCH3 is 1. The number of carbonyl (C=O) groups excluding carboxylic acids is 1. The van der Waals surface area contributed by atoms with Crippen LogP contribution in [-0.4, -0.2) is 12.9 Å². The summed E-state index contributed by atoms with van der Waals surface area (Å²) in [5.74, 6) is 1.07. The van der Waals surface area contributed by atoms with Gasteiger partial charge in [0.2, 0.25) is 0 Å². The monoisotopic (exact) mass is 220 g/mol. The van der Waals surface area contributed by atoms with Gasteiger partial charge in [0.25, 0.3) is 0 Å². The average molecular weight is 220 g/mol. The molecule has 0 unspecified atom stereocenters. The van der Waals surface area contributed by atoms with Crippen molar-refractivity contribution in [1.82, 2.24) is 0 Å².